The van der Waals surface area contributed by atoms with Crippen molar-refractivity contribution >= 4 is 17.5 Å². The van der Waals surface area contributed by atoms with Crippen molar-refractivity contribution in [3.63, 3.8) is 0 Å². The van der Waals surface area contributed by atoms with E-state index in [1.807, 2.05) is 18.2 Å². The molecule has 1 amide bonds. The first-order valence-corrected chi connectivity index (χ1v) is 8.60. The lowest BCUT2D eigenvalue weighted by Gasteiger charge is -2.28. The molecule has 2 fully saturated rings. The highest BCUT2D eigenvalue weighted by Crippen LogP contribution is 2.26. The lowest BCUT2D eigenvalue weighted by molar-refractivity contribution is -0.124. The monoisotopic (exact) mass is 321 g/mol. The molecule has 4 nitrogen and oxygen atoms in total. The molecule has 2 heterocycles. The molecule has 2 atom stereocenters. The Kier molecular flexibility index (Phi) is 5.34. The Labute approximate surface area is 137 Å². The van der Waals surface area contributed by atoms with Crippen LogP contribution >= 0.6 is 11.6 Å². The van der Waals surface area contributed by atoms with Gasteiger partial charge < -0.3 is 10.6 Å². The van der Waals surface area contributed by atoms with Crippen LogP contribution in [0.1, 0.15) is 30.9 Å². The maximum Gasteiger partial charge on any atom is 0.224 e. The number of carbonyl (C=O) groups is 1. The predicted octanol–water partition coefficient (Wildman–Crippen LogP) is 2.20. The molecule has 22 heavy (non-hydrogen) atoms. The van der Waals surface area contributed by atoms with Crippen molar-refractivity contribution in [2.75, 3.05) is 32.7 Å². The van der Waals surface area contributed by atoms with Crippen LogP contribution in [0.25, 0.3) is 0 Å². The van der Waals surface area contributed by atoms with Crippen molar-refractivity contribution in [2.45, 2.75) is 25.3 Å². The van der Waals surface area contributed by atoms with Crippen LogP contribution in [0.2, 0.25) is 5.02 Å². The third-order valence-electron chi connectivity index (χ3n) is 4.72. The van der Waals surface area contributed by atoms with Gasteiger partial charge in [-0.1, -0.05) is 23.7 Å². The smallest absolute Gasteiger partial charge is 0.224 e. The average Bonchev–Trinajstić information content (AvgIpc) is 3.21. The zero-order chi connectivity index (χ0) is 15.4. The second kappa shape index (κ2) is 7.44. The number of carbonyl (C=O) groups excluding carboxylic acids is 1. The van der Waals surface area contributed by atoms with E-state index in [0.717, 1.165) is 37.6 Å². The minimum Gasteiger partial charge on any atom is -0.354 e. The summed E-state index contributed by atoms with van der Waals surface area (Å²) in [7, 11) is 0. The Morgan fingerprint density at radius 2 is 2.23 bits per heavy atom. The molecule has 5 heteroatoms. The third kappa shape index (κ3) is 3.80. The number of hydrogen-bond donors (Lipinski definition) is 2. The minimum absolute atomic E-state index is 0.124. The van der Waals surface area contributed by atoms with E-state index in [9.17, 15) is 4.79 Å². The summed E-state index contributed by atoms with van der Waals surface area (Å²) in [5.41, 5.74) is 1.19. The van der Waals surface area contributed by atoms with Gasteiger partial charge in [-0.25, -0.2) is 0 Å². The second-order valence-corrected chi connectivity index (χ2v) is 6.69. The molecule has 2 aliphatic rings. The van der Waals surface area contributed by atoms with E-state index < -0.39 is 0 Å². The van der Waals surface area contributed by atoms with E-state index in [-0.39, 0.29) is 17.9 Å². The van der Waals surface area contributed by atoms with Crippen molar-refractivity contribution in [3.8, 4) is 0 Å². The average molecular weight is 322 g/mol. The molecule has 0 spiro atoms. The van der Waals surface area contributed by atoms with Gasteiger partial charge in [-0.15, -0.1) is 0 Å². The molecule has 0 aromatic heterocycles. The Hall–Kier alpha value is -1.10. The van der Waals surface area contributed by atoms with Crippen molar-refractivity contribution in [2.24, 2.45) is 5.92 Å². The fourth-order valence-electron chi connectivity index (χ4n) is 3.44. The molecule has 2 saturated heterocycles. The number of likely N-dealkylation sites (tertiary alicyclic amines) is 1. The van der Waals surface area contributed by atoms with Crippen LogP contribution in [0.4, 0.5) is 0 Å². The molecular weight excluding hydrogens is 298 g/mol. The summed E-state index contributed by atoms with van der Waals surface area (Å²) in [6.07, 6.45) is 3.41. The molecule has 2 N–H and O–H groups in total. The molecule has 0 bridgehead atoms. The standard InChI is InChI=1S/C17H24ClN3O/c18-15-5-3-4-13(10-15)16(21-8-1-2-9-21)12-20-17(22)14-6-7-19-11-14/h3-5,10,14,16,19H,1-2,6-9,11-12H2,(H,20,22). The Bertz CT molecular complexity index is 510. The van der Waals surface area contributed by atoms with E-state index in [2.05, 4.69) is 21.6 Å². The van der Waals surface area contributed by atoms with Gasteiger partial charge in [-0.2, -0.15) is 0 Å². The highest BCUT2D eigenvalue weighted by molar-refractivity contribution is 6.30. The molecule has 3 rings (SSSR count). The van der Waals surface area contributed by atoms with Crippen LogP contribution in [-0.2, 0) is 4.79 Å². The second-order valence-electron chi connectivity index (χ2n) is 6.25. The highest BCUT2D eigenvalue weighted by atomic mass is 35.5. The largest absolute Gasteiger partial charge is 0.354 e. The Balaban J connectivity index is 1.67. The zero-order valence-electron chi connectivity index (χ0n) is 12.9. The topological polar surface area (TPSA) is 44.4 Å². The Morgan fingerprint density at radius 3 is 2.91 bits per heavy atom. The number of amides is 1. The summed E-state index contributed by atoms with van der Waals surface area (Å²) < 4.78 is 0. The molecule has 1 aromatic rings. The molecule has 1 aromatic carbocycles. The summed E-state index contributed by atoms with van der Waals surface area (Å²) in [6, 6.07) is 8.24. The van der Waals surface area contributed by atoms with Gasteiger partial charge in [0.25, 0.3) is 0 Å². The number of nitrogens with one attached hydrogen (secondary N) is 2. The summed E-state index contributed by atoms with van der Waals surface area (Å²) in [4.78, 5) is 14.7. The highest BCUT2D eigenvalue weighted by Gasteiger charge is 2.26. The van der Waals surface area contributed by atoms with E-state index in [1.165, 1.54) is 18.4 Å². The van der Waals surface area contributed by atoms with Crippen molar-refractivity contribution in [1.82, 2.24) is 15.5 Å². The van der Waals surface area contributed by atoms with Crippen molar-refractivity contribution < 1.29 is 4.79 Å². The maximum atomic E-state index is 12.3. The summed E-state index contributed by atoms with van der Waals surface area (Å²) in [6.45, 7) is 4.60. The van der Waals surface area contributed by atoms with E-state index in [0.29, 0.717) is 6.54 Å². The fourth-order valence-corrected chi connectivity index (χ4v) is 3.64. The molecule has 2 unspecified atom stereocenters. The van der Waals surface area contributed by atoms with Gasteiger partial charge in [0, 0.05) is 18.1 Å². The van der Waals surface area contributed by atoms with E-state index in [4.69, 9.17) is 11.6 Å². The fraction of sp³-hybridized carbons (Fsp3) is 0.588. The lowest BCUT2D eigenvalue weighted by Crippen LogP contribution is -2.39. The predicted molar refractivity (Wildman–Crippen MR) is 89.0 cm³/mol. The van der Waals surface area contributed by atoms with Gasteiger partial charge in [0.05, 0.1) is 12.0 Å². The molecule has 120 valence electrons. The first-order valence-electron chi connectivity index (χ1n) is 8.22. The lowest BCUT2D eigenvalue weighted by atomic mass is 10.0. The van der Waals surface area contributed by atoms with Gasteiger partial charge in [0.2, 0.25) is 5.91 Å². The third-order valence-corrected chi connectivity index (χ3v) is 4.95. The molecule has 0 saturated carbocycles. The van der Waals surface area contributed by atoms with Gasteiger partial charge in [0.15, 0.2) is 0 Å². The maximum absolute atomic E-state index is 12.3. The van der Waals surface area contributed by atoms with Crippen molar-refractivity contribution in [3.05, 3.63) is 34.9 Å². The van der Waals surface area contributed by atoms with Crippen LogP contribution in [0.15, 0.2) is 24.3 Å². The van der Waals surface area contributed by atoms with Crippen LogP contribution in [0, 0.1) is 5.92 Å². The summed E-state index contributed by atoms with van der Waals surface area (Å²) in [5.74, 6) is 0.301. The van der Waals surface area contributed by atoms with Gasteiger partial charge in [0.1, 0.15) is 0 Å². The van der Waals surface area contributed by atoms with Crippen LogP contribution in [-0.4, -0.2) is 43.5 Å². The first-order chi connectivity index (χ1) is 10.7. The minimum atomic E-state index is 0.124. The number of halogens is 1. The van der Waals surface area contributed by atoms with Crippen LogP contribution in [0.5, 0.6) is 0 Å². The zero-order valence-corrected chi connectivity index (χ0v) is 13.6. The van der Waals surface area contributed by atoms with Crippen LogP contribution in [0.3, 0.4) is 0 Å². The number of nitrogens with zero attached hydrogens (tertiary/aromatic N) is 1. The summed E-state index contributed by atoms with van der Waals surface area (Å²) >= 11 is 6.15. The normalized spacial score (nSPS) is 23.6. The van der Waals surface area contributed by atoms with Crippen LogP contribution < -0.4 is 10.6 Å². The molecule has 0 aliphatic carbocycles. The summed E-state index contributed by atoms with van der Waals surface area (Å²) in [5, 5.41) is 7.16. The van der Waals surface area contributed by atoms with Gasteiger partial charge >= 0.3 is 0 Å². The van der Waals surface area contributed by atoms with E-state index >= 15 is 0 Å². The van der Waals surface area contributed by atoms with Crippen molar-refractivity contribution in [1.29, 1.82) is 0 Å². The molecule has 2 aliphatic heterocycles. The quantitative estimate of drug-likeness (QED) is 0.874. The SMILES string of the molecule is O=C(NCC(c1cccc(Cl)c1)N1CCCC1)C1CCNC1. The van der Waals surface area contributed by atoms with E-state index in [1.54, 1.807) is 0 Å². The first kappa shape index (κ1) is 15.8. The molecule has 0 radical (unpaired) electrons. The number of rotatable bonds is 5. The number of benzene rings is 1. The van der Waals surface area contributed by atoms with Gasteiger partial charge in [-0.05, 0) is 56.6 Å². The van der Waals surface area contributed by atoms with Gasteiger partial charge in [-0.3, -0.25) is 9.69 Å². The Morgan fingerprint density at radius 1 is 1.41 bits per heavy atom. The molecular formula is C17H24ClN3O. The number of hydrogen-bond acceptors (Lipinski definition) is 3.